The number of hydrogen-bond donors (Lipinski definition) is 4. The predicted molar refractivity (Wildman–Crippen MR) is 323 cm³/mol. The van der Waals surface area contributed by atoms with Gasteiger partial charge in [-0.3, -0.25) is 8.80 Å². The van der Waals surface area contributed by atoms with Gasteiger partial charge in [-0.2, -0.15) is 4.52 Å². The molecule has 7 aromatic heterocycles. The molecule has 424 valence electrons. The van der Waals surface area contributed by atoms with E-state index < -0.39 is 21.4 Å². The van der Waals surface area contributed by atoms with Gasteiger partial charge in [0.05, 0.1) is 37.6 Å². The summed E-state index contributed by atoms with van der Waals surface area (Å²) in [4.78, 5) is 24.3. The lowest BCUT2D eigenvalue weighted by atomic mass is 10.3. The number of halogens is 1. The van der Waals surface area contributed by atoms with Crippen molar-refractivity contribution < 1.29 is 27.6 Å². The van der Waals surface area contributed by atoms with Crippen LogP contribution >= 0.6 is 33.0 Å². The third-order valence-electron chi connectivity index (χ3n) is 14.2. The molecule has 8 heterocycles. The first-order chi connectivity index (χ1) is 39.1. The highest BCUT2D eigenvalue weighted by Crippen LogP contribution is 2.48. The molecular weight excluding hydrogens is 1110 g/mol. The van der Waals surface area contributed by atoms with Crippen LogP contribution in [0.15, 0.2) is 127 Å². The summed E-state index contributed by atoms with van der Waals surface area (Å²) in [6, 6.07) is 27.9. The third kappa shape index (κ3) is 13.0. The Labute approximate surface area is 474 Å². The van der Waals surface area contributed by atoms with Gasteiger partial charge < -0.3 is 53.8 Å². The minimum Gasteiger partial charge on any atom is -0.495 e. The van der Waals surface area contributed by atoms with Crippen LogP contribution in [0.25, 0.3) is 28.5 Å². The van der Waals surface area contributed by atoms with Gasteiger partial charge in [0, 0.05) is 115 Å². The average Bonchev–Trinajstić information content (AvgIpc) is 4.37. The molecule has 10 aromatic rings. The molecule has 4 N–H and O–H groups in total. The van der Waals surface area contributed by atoms with Crippen molar-refractivity contribution in [3.05, 3.63) is 133 Å². The minimum absolute atomic E-state index is 0.375. The Morgan fingerprint density at radius 2 is 1.35 bits per heavy atom. The second-order valence-corrected chi connectivity index (χ2v) is 29.7. The average molecular weight is 1180 g/mol. The molecule has 1 fully saturated rings. The van der Waals surface area contributed by atoms with E-state index in [9.17, 15) is 13.7 Å². The second kappa shape index (κ2) is 25.6. The van der Waals surface area contributed by atoms with Gasteiger partial charge in [0.15, 0.2) is 17.1 Å². The van der Waals surface area contributed by atoms with E-state index in [0.717, 1.165) is 51.7 Å². The van der Waals surface area contributed by atoms with Gasteiger partial charge in [-0.1, -0.05) is 39.3 Å². The molecule has 0 radical (unpaired) electrons. The Hall–Kier alpha value is -7.44. The van der Waals surface area contributed by atoms with Crippen molar-refractivity contribution in [1.82, 2.24) is 63.7 Å². The largest absolute Gasteiger partial charge is 0.495 e. The van der Waals surface area contributed by atoms with Crippen molar-refractivity contribution in [3.63, 3.8) is 0 Å². The van der Waals surface area contributed by atoms with E-state index in [-0.39, 0.29) is 0 Å². The Balaban J connectivity index is 0.000000147. The summed E-state index contributed by atoms with van der Waals surface area (Å²) in [5, 5.41) is 28.2. The summed E-state index contributed by atoms with van der Waals surface area (Å²) < 4.78 is 60.9. The molecule has 0 spiro atoms. The van der Waals surface area contributed by atoms with Gasteiger partial charge in [-0.15, -0.1) is 15.3 Å². The van der Waals surface area contributed by atoms with Crippen molar-refractivity contribution >= 4 is 101 Å². The maximum absolute atomic E-state index is 13.3. The van der Waals surface area contributed by atoms with Crippen molar-refractivity contribution in [3.8, 4) is 23.1 Å². The fraction of sp³-hybridized carbons (Fsp3) is 0.309. The van der Waals surface area contributed by atoms with Crippen LogP contribution in [0.1, 0.15) is 33.4 Å². The summed E-state index contributed by atoms with van der Waals surface area (Å²) in [5.41, 5.74) is 5.28. The van der Waals surface area contributed by atoms with Gasteiger partial charge in [0.25, 0.3) is 0 Å². The number of anilines is 6. The van der Waals surface area contributed by atoms with Crippen LogP contribution in [0, 0.1) is 0 Å². The van der Waals surface area contributed by atoms with E-state index in [0.29, 0.717) is 107 Å². The summed E-state index contributed by atoms with van der Waals surface area (Å²) in [7, 11) is 0.103. The number of nitrogens with one attached hydrogen (secondary N) is 4. The first-order valence-corrected chi connectivity index (χ1v) is 33.1. The Morgan fingerprint density at radius 3 is 2.01 bits per heavy atom. The van der Waals surface area contributed by atoms with Crippen LogP contribution in [0.5, 0.6) is 11.5 Å². The number of imidazole rings is 1. The Bertz CT molecular complexity index is 3900. The van der Waals surface area contributed by atoms with Crippen molar-refractivity contribution in [2.45, 2.75) is 34.2 Å². The van der Waals surface area contributed by atoms with Gasteiger partial charge in [0.2, 0.25) is 23.7 Å². The standard InChI is InChI=1S/C20H22N5O3P.C18H23ClN5OP.C17H21N6O2P/c1-4-29(26,5-2)14-8-9-15(17(13-14)27-3)22-20-21-11-10-18-23-19(24-25(18)20)16-7-6-12-28-16;1-4-26(25,5-2)15-8-6-13(7-9-15)22-18-23-16(19)10-17-21-14(11-20-3)12-24(17)18;1-22-7-9-26(24,10-8-22)13-3-4-14(15(11-13)25-2)20-17-18-6-5-16-21-19-12-23(16)17/h6-13H,4-5H2,1-3H3,(H,21,22);6-10,12,20H,4-5,11H2,1-3H3,(H,22,23);3-6,11-12H,7-10H2,1-2H3,(H,18,20). The Kier molecular flexibility index (Phi) is 18.4. The summed E-state index contributed by atoms with van der Waals surface area (Å²) >= 11 is 6.14. The number of methoxy groups -OCH3 is 2. The molecule has 1 aliphatic heterocycles. The molecule has 0 bridgehead atoms. The smallest absolute Gasteiger partial charge is 0.230 e. The number of hydrogen-bond acceptors (Lipinski definition) is 19. The van der Waals surface area contributed by atoms with Gasteiger partial charge in [-0.25, -0.2) is 24.9 Å². The molecule has 22 nitrogen and oxygen atoms in total. The van der Waals surface area contributed by atoms with E-state index in [2.05, 4.69) is 73.4 Å². The normalized spacial score (nSPS) is 13.5. The molecule has 81 heavy (non-hydrogen) atoms. The van der Waals surface area contributed by atoms with E-state index in [1.165, 1.54) is 0 Å². The summed E-state index contributed by atoms with van der Waals surface area (Å²) in [5.74, 6) is 3.94. The number of furan rings is 1. The van der Waals surface area contributed by atoms with Gasteiger partial charge >= 0.3 is 0 Å². The van der Waals surface area contributed by atoms with Gasteiger partial charge in [-0.05, 0) is 86.9 Å². The molecule has 1 aliphatic rings. The minimum atomic E-state index is -2.40. The first kappa shape index (κ1) is 58.2. The van der Waals surface area contributed by atoms with Crippen molar-refractivity contribution in [2.75, 3.05) is 94.3 Å². The fourth-order valence-electron chi connectivity index (χ4n) is 9.21. The zero-order chi connectivity index (χ0) is 57.3. The fourth-order valence-corrected chi connectivity index (χ4v) is 15.9. The number of nitrogens with zero attached hydrogens (tertiary/aromatic N) is 12. The first-order valence-electron chi connectivity index (χ1n) is 26.5. The van der Waals surface area contributed by atoms with E-state index >= 15 is 0 Å². The van der Waals surface area contributed by atoms with Crippen LogP contribution in [-0.2, 0) is 20.2 Å². The zero-order valence-corrected chi connectivity index (χ0v) is 49.9. The lowest BCUT2D eigenvalue weighted by Crippen LogP contribution is -2.34. The maximum Gasteiger partial charge on any atom is 0.230 e. The van der Waals surface area contributed by atoms with Crippen molar-refractivity contribution in [2.24, 2.45) is 0 Å². The second-order valence-electron chi connectivity index (χ2n) is 19.0. The summed E-state index contributed by atoms with van der Waals surface area (Å²) in [6.07, 6.45) is 12.4. The van der Waals surface area contributed by atoms with Crippen LogP contribution in [0.2, 0.25) is 5.15 Å². The van der Waals surface area contributed by atoms with Crippen LogP contribution < -0.4 is 46.7 Å². The van der Waals surface area contributed by atoms with Crippen LogP contribution in [0.3, 0.4) is 0 Å². The molecule has 3 aromatic carbocycles. The monoisotopic (exact) mass is 1170 g/mol. The number of fused-ring (bicyclic) bond motifs is 3. The molecule has 0 aliphatic carbocycles. The Morgan fingerprint density at radius 1 is 0.704 bits per heavy atom. The van der Waals surface area contributed by atoms with E-state index in [4.69, 9.17) is 25.5 Å². The van der Waals surface area contributed by atoms with Crippen LogP contribution in [-0.4, -0.2) is 137 Å². The zero-order valence-electron chi connectivity index (χ0n) is 46.4. The number of ether oxygens (including phenoxy) is 2. The predicted octanol–water partition coefficient (Wildman–Crippen LogP) is 9.85. The highest BCUT2D eigenvalue weighted by atomic mass is 35.5. The van der Waals surface area contributed by atoms with E-state index in [1.807, 2.05) is 106 Å². The number of benzene rings is 3. The highest BCUT2D eigenvalue weighted by Gasteiger charge is 2.30. The maximum atomic E-state index is 13.3. The number of aromatic nitrogens is 11. The molecule has 1 saturated heterocycles. The third-order valence-corrected chi connectivity index (χ3v) is 24.0. The molecule has 11 rings (SSSR count). The molecule has 0 saturated carbocycles. The summed E-state index contributed by atoms with van der Waals surface area (Å²) in [6.45, 7) is 10.2. The van der Waals surface area contributed by atoms with E-state index in [1.54, 1.807) is 78.5 Å². The molecule has 0 amide bonds. The highest BCUT2D eigenvalue weighted by molar-refractivity contribution is 7.72. The molecule has 26 heteroatoms. The van der Waals surface area contributed by atoms with Gasteiger partial charge in [0.1, 0.15) is 50.1 Å². The lowest BCUT2D eigenvalue weighted by molar-refractivity contribution is 0.361. The quantitative estimate of drug-likeness (QED) is 0.0461. The molecular formula is C55H66ClN16O6P3. The number of rotatable bonds is 18. The molecule has 0 unspecified atom stereocenters. The SMILES string of the molecule is CCP(=O)(CC)c1ccc(Nc2nc(Cl)cc3nc(CNC)cn23)cc1.CCP(=O)(CC)c1ccc(Nc2nccc3nc(-c4ccco4)nn23)c(OC)c1.COc1cc(P2(=O)CCN(C)CC2)ccc1Nc1nccc2nncn12. The van der Waals surface area contributed by atoms with Crippen molar-refractivity contribution in [1.29, 1.82) is 0 Å². The molecule has 0 atom stereocenters. The van der Waals surface area contributed by atoms with Crippen LogP contribution in [0.4, 0.5) is 34.9 Å². The topological polar surface area (TPSA) is 251 Å². The lowest BCUT2D eigenvalue weighted by Gasteiger charge is -2.30.